The first-order chi connectivity index (χ1) is 14.3. The van der Waals surface area contributed by atoms with Crippen molar-refractivity contribution in [3.05, 3.63) is 58.2 Å². The van der Waals surface area contributed by atoms with Crippen molar-refractivity contribution in [2.45, 2.75) is 24.9 Å². The molecule has 2 amide bonds. The Balaban J connectivity index is 1.77. The van der Waals surface area contributed by atoms with Gasteiger partial charge in [-0.15, -0.1) is 0 Å². The number of halogens is 3. The van der Waals surface area contributed by atoms with Crippen molar-refractivity contribution in [3.63, 3.8) is 0 Å². The largest absolute Gasteiger partial charge is 0.481 e. The van der Waals surface area contributed by atoms with E-state index in [1.807, 2.05) is 0 Å². The number of rotatable bonds is 6. The summed E-state index contributed by atoms with van der Waals surface area (Å²) in [6.45, 7) is 0.892. The van der Waals surface area contributed by atoms with Crippen LogP contribution in [0.15, 0.2) is 30.3 Å². The van der Waals surface area contributed by atoms with Crippen LogP contribution < -0.4 is 20.7 Å². The van der Waals surface area contributed by atoms with Crippen LogP contribution in [0.4, 0.5) is 8.78 Å². The number of carbonyl (C=O) groups excluding carboxylic acids is 2. The van der Waals surface area contributed by atoms with Gasteiger partial charge in [0.25, 0.3) is 5.91 Å². The van der Waals surface area contributed by atoms with Crippen molar-refractivity contribution < 1.29 is 23.1 Å². The molecule has 10 heteroatoms. The number of methoxy groups -OCH3 is 1. The second kappa shape index (κ2) is 9.36. The zero-order chi connectivity index (χ0) is 21.7. The van der Waals surface area contributed by atoms with Gasteiger partial charge in [0.1, 0.15) is 22.3 Å². The fourth-order valence-corrected chi connectivity index (χ4v) is 3.47. The summed E-state index contributed by atoms with van der Waals surface area (Å²) in [6, 6.07) is 5.93. The van der Waals surface area contributed by atoms with E-state index in [9.17, 15) is 18.4 Å². The minimum Gasteiger partial charge on any atom is -0.481 e. The molecule has 0 bridgehead atoms. The number of nitrogens with one attached hydrogen (secondary N) is 3. The number of benzene rings is 1. The van der Waals surface area contributed by atoms with Crippen LogP contribution in [0.1, 0.15) is 28.8 Å². The Kier molecular flexibility index (Phi) is 6.84. The van der Waals surface area contributed by atoms with Gasteiger partial charge < -0.3 is 20.7 Å². The Hall–Kier alpha value is -2.78. The van der Waals surface area contributed by atoms with E-state index in [2.05, 4.69) is 20.9 Å². The molecule has 0 saturated carbocycles. The second-order valence-electron chi connectivity index (χ2n) is 6.93. The third-order valence-corrected chi connectivity index (χ3v) is 5.13. The Morgan fingerprint density at radius 2 is 1.97 bits per heavy atom. The van der Waals surface area contributed by atoms with Gasteiger partial charge in [-0.25, -0.2) is 13.8 Å². The maximum Gasteiger partial charge on any atom is 0.252 e. The highest BCUT2D eigenvalue weighted by atomic mass is 35.5. The molecule has 0 radical (unpaired) electrons. The number of nitrogens with zero attached hydrogens (tertiary/aromatic N) is 1. The molecule has 0 atom stereocenters. The molecule has 1 aromatic carbocycles. The van der Waals surface area contributed by atoms with Crippen molar-refractivity contribution in [1.82, 2.24) is 20.9 Å². The Bertz CT molecular complexity index is 952. The van der Waals surface area contributed by atoms with Crippen LogP contribution >= 0.6 is 11.6 Å². The molecule has 2 aromatic rings. The lowest BCUT2D eigenvalue weighted by molar-refractivity contribution is -0.128. The molecule has 0 unspecified atom stereocenters. The van der Waals surface area contributed by atoms with Gasteiger partial charge in [-0.1, -0.05) is 17.7 Å². The van der Waals surface area contributed by atoms with E-state index < -0.39 is 29.0 Å². The van der Waals surface area contributed by atoms with Crippen molar-refractivity contribution in [2.75, 3.05) is 20.2 Å². The number of hydrogen-bond donors (Lipinski definition) is 3. The maximum absolute atomic E-state index is 13.9. The van der Waals surface area contributed by atoms with Crippen molar-refractivity contribution in [1.29, 1.82) is 0 Å². The summed E-state index contributed by atoms with van der Waals surface area (Å²) >= 11 is 5.93. The molecule has 1 aromatic heterocycles. The number of piperidine rings is 1. The molecule has 2 heterocycles. The number of carbonyl (C=O) groups is 2. The SMILES string of the molecule is COc1cc(C(=O)NC2(C(=O)NCc3ccc(F)cc3F)CCNCC2)cc(Cl)n1. The van der Waals surface area contributed by atoms with Crippen LogP contribution in [0.2, 0.25) is 5.15 Å². The molecular formula is C20H21ClF2N4O3. The van der Waals surface area contributed by atoms with Crippen LogP contribution in [-0.2, 0) is 11.3 Å². The summed E-state index contributed by atoms with van der Waals surface area (Å²) in [5, 5.41) is 8.67. The number of hydrogen-bond acceptors (Lipinski definition) is 5. The van der Waals surface area contributed by atoms with Crippen LogP contribution in [0.25, 0.3) is 0 Å². The molecule has 30 heavy (non-hydrogen) atoms. The quantitative estimate of drug-likeness (QED) is 0.601. The highest BCUT2D eigenvalue weighted by Gasteiger charge is 2.41. The minimum absolute atomic E-state index is 0.0788. The van der Waals surface area contributed by atoms with E-state index in [0.717, 1.165) is 12.1 Å². The van der Waals surface area contributed by atoms with Gasteiger partial charge in [0, 0.05) is 29.8 Å². The lowest BCUT2D eigenvalue weighted by Gasteiger charge is -2.37. The van der Waals surface area contributed by atoms with E-state index in [0.29, 0.717) is 25.9 Å². The molecule has 1 aliphatic rings. The van der Waals surface area contributed by atoms with E-state index >= 15 is 0 Å². The number of ether oxygens (including phenoxy) is 1. The van der Waals surface area contributed by atoms with Crippen molar-refractivity contribution in [2.24, 2.45) is 0 Å². The Labute approximate surface area is 177 Å². The molecule has 1 saturated heterocycles. The standard InChI is InChI=1S/C20H21ClF2N4O3/c1-30-17-9-13(8-16(21)26-17)18(28)27-20(4-6-24-7-5-20)19(29)25-11-12-2-3-14(22)10-15(12)23/h2-3,8-10,24H,4-7,11H2,1H3,(H,25,29)(H,27,28). The molecule has 1 aliphatic heterocycles. The lowest BCUT2D eigenvalue weighted by atomic mass is 9.86. The molecule has 1 fully saturated rings. The smallest absolute Gasteiger partial charge is 0.252 e. The van der Waals surface area contributed by atoms with E-state index in [1.54, 1.807) is 0 Å². The summed E-state index contributed by atoms with van der Waals surface area (Å²) in [5.74, 6) is -2.24. The summed E-state index contributed by atoms with van der Waals surface area (Å²) in [6.07, 6.45) is 0.679. The Morgan fingerprint density at radius 3 is 2.63 bits per heavy atom. The summed E-state index contributed by atoms with van der Waals surface area (Å²) in [7, 11) is 1.40. The molecule has 3 N–H and O–H groups in total. The summed E-state index contributed by atoms with van der Waals surface area (Å²) < 4.78 is 32.0. The lowest BCUT2D eigenvalue weighted by Crippen LogP contribution is -2.62. The number of pyridine rings is 1. The maximum atomic E-state index is 13.9. The highest BCUT2D eigenvalue weighted by Crippen LogP contribution is 2.22. The van der Waals surface area contributed by atoms with Gasteiger partial charge >= 0.3 is 0 Å². The Morgan fingerprint density at radius 1 is 1.23 bits per heavy atom. The fourth-order valence-electron chi connectivity index (χ4n) is 3.27. The van der Waals surface area contributed by atoms with Crippen molar-refractivity contribution >= 4 is 23.4 Å². The number of amides is 2. The van der Waals surface area contributed by atoms with E-state index in [1.165, 1.54) is 25.3 Å². The molecule has 0 aliphatic carbocycles. The first kappa shape index (κ1) is 21.9. The van der Waals surface area contributed by atoms with Gasteiger partial charge in [0.15, 0.2) is 0 Å². The third kappa shape index (κ3) is 5.03. The molecule has 0 spiro atoms. The normalized spacial score (nSPS) is 15.3. The van der Waals surface area contributed by atoms with E-state index in [-0.39, 0.29) is 28.7 Å². The van der Waals surface area contributed by atoms with Gasteiger partial charge in [0.05, 0.1) is 7.11 Å². The predicted molar refractivity (Wildman–Crippen MR) is 106 cm³/mol. The molecule has 3 rings (SSSR count). The highest BCUT2D eigenvalue weighted by molar-refractivity contribution is 6.29. The van der Waals surface area contributed by atoms with Gasteiger partial charge in [0.2, 0.25) is 11.8 Å². The zero-order valence-electron chi connectivity index (χ0n) is 16.2. The fraction of sp³-hybridized carbons (Fsp3) is 0.350. The zero-order valence-corrected chi connectivity index (χ0v) is 17.0. The second-order valence-corrected chi connectivity index (χ2v) is 7.31. The van der Waals surface area contributed by atoms with Gasteiger partial charge in [-0.05, 0) is 38.1 Å². The first-order valence-electron chi connectivity index (χ1n) is 9.30. The summed E-state index contributed by atoms with van der Waals surface area (Å²) in [4.78, 5) is 29.8. The number of aromatic nitrogens is 1. The van der Waals surface area contributed by atoms with Crippen molar-refractivity contribution in [3.8, 4) is 5.88 Å². The monoisotopic (exact) mass is 438 g/mol. The topological polar surface area (TPSA) is 92.3 Å². The molecular weight excluding hydrogens is 418 g/mol. The van der Waals surface area contributed by atoms with Crippen LogP contribution in [0.5, 0.6) is 5.88 Å². The molecule has 7 nitrogen and oxygen atoms in total. The average molecular weight is 439 g/mol. The predicted octanol–water partition coefficient (Wildman–Crippen LogP) is 2.19. The van der Waals surface area contributed by atoms with Gasteiger partial charge in [-0.2, -0.15) is 0 Å². The van der Waals surface area contributed by atoms with Crippen LogP contribution in [0, 0.1) is 11.6 Å². The molecule has 160 valence electrons. The minimum atomic E-state index is -1.19. The van der Waals surface area contributed by atoms with Crippen LogP contribution in [-0.4, -0.2) is 42.5 Å². The summed E-state index contributed by atoms with van der Waals surface area (Å²) in [5.41, 5.74) is -0.852. The van der Waals surface area contributed by atoms with Crippen LogP contribution in [0.3, 0.4) is 0 Å². The van der Waals surface area contributed by atoms with Gasteiger partial charge in [-0.3, -0.25) is 9.59 Å². The average Bonchev–Trinajstić information content (AvgIpc) is 2.73. The first-order valence-corrected chi connectivity index (χ1v) is 9.68. The van der Waals surface area contributed by atoms with E-state index in [4.69, 9.17) is 16.3 Å². The third-order valence-electron chi connectivity index (χ3n) is 4.94.